The molecule has 0 unspecified atom stereocenters. The first-order chi connectivity index (χ1) is 14.3. The van der Waals surface area contributed by atoms with Crippen LogP contribution in [0.3, 0.4) is 0 Å². The van der Waals surface area contributed by atoms with Gasteiger partial charge in [0.2, 0.25) is 0 Å². The van der Waals surface area contributed by atoms with Crippen molar-refractivity contribution >= 4 is 22.7 Å². The first kappa shape index (κ1) is 23.1. The molecule has 0 saturated carbocycles. The molecule has 0 fully saturated rings. The van der Waals surface area contributed by atoms with Crippen molar-refractivity contribution in [1.29, 1.82) is 0 Å². The van der Waals surface area contributed by atoms with E-state index < -0.39 is 0 Å². The fourth-order valence-electron chi connectivity index (χ4n) is 3.46. The van der Waals surface area contributed by atoms with Crippen molar-refractivity contribution in [3.05, 3.63) is 51.7 Å². The third kappa shape index (κ3) is 4.69. The lowest BCUT2D eigenvalue weighted by Crippen LogP contribution is -2.17. The molecule has 0 bridgehead atoms. The van der Waals surface area contributed by atoms with Crippen molar-refractivity contribution in [2.24, 2.45) is 0 Å². The Labute approximate surface area is 187 Å². The largest absolute Gasteiger partial charge is 0.507 e. The van der Waals surface area contributed by atoms with E-state index in [9.17, 15) is 9.90 Å². The van der Waals surface area contributed by atoms with Gasteiger partial charge in [-0.15, -0.1) is 0 Å². The second-order valence-corrected chi connectivity index (χ2v) is 10.7. The van der Waals surface area contributed by atoms with Crippen LogP contribution in [0.25, 0.3) is 11.0 Å². The molecule has 0 atom stereocenters. The van der Waals surface area contributed by atoms with E-state index in [0.29, 0.717) is 33.3 Å². The van der Waals surface area contributed by atoms with Crippen molar-refractivity contribution in [1.82, 2.24) is 0 Å². The zero-order valence-corrected chi connectivity index (χ0v) is 20.2. The highest BCUT2D eigenvalue weighted by molar-refractivity contribution is 7.99. The topological polar surface area (TPSA) is 68.9 Å². The SMILES string of the molecule is COc1cc(OC)c2c(=O)cc(Sc3cc(C(C)(C)C)c(O)c(C(C)(C)C)c3)oc2c1. The zero-order valence-electron chi connectivity index (χ0n) is 19.4. The van der Waals surface area contributed by atoms with E-state index in [1.807, 2.05) is 12.1 Å². The average Bonchev–Trinajstić information content (AvgIpc) is 2.66. The number of benzene rings is 2. The Balaban J connectivity index is 2.17. The van der Waals surface area contributed by atoms with Gasteiger partial charge in [-0.1, -0.05) is 53.3 Å². The van der Waals surface area contributed by atoms with Gasteiger partial charge in [-0.2, -0.15) is 0 Å². The van der Waals surface area contributed by atoms with Crippen molar-refractivity contribution in [2.75, 3.05) is 14.2 Å². The van der Waals surface area contributed by atoms with Crippen molar-refractivity contribution < 1.29 is 19.0 Å². The van der Waals surface area contributed by atoms with E-state index in [0.717, 1.165) is 16.0 Å². The Morgan fingerprint density at radius 2 is 1.45 bits per heavy atom. The first-order valence-electron chi connectivity index (χ1n) is 10.1. The molecule has 1 aromatic heterocycles. The Morgan fingerprint density at radius 1 is 0.871 bits per heavy atom. The standard InChI is InChI=1S/C25H30O5S/c1-24(2,3)16-11-15(12-17(23(16)27)25(4,5)6)31-21-13-18(26)22-19(29-8)9-14(28-7)10-20(22)30-21/h9-13,27H,1-8H3. The molecule has 31 heavy (non-hydrogen) atoms. The van der Waals surface area contributed by atoms with Crippen molar-refractivity contribution in [2.45, 2.75) is 62.4 Å². The van der Waals surface area contributed by atoms with Crippen LogP contribution in [-0.4, -0.2) is 19.3 Å². The second kappa shape index (κ2) is 8.15. The molecule has 5 nitrogen and oxygen atoms in total. The van der Waals surface area contributed by atoms with Gasteiger partial charge in [0.1, 0.15) is 28.2 Å². The average molecular weight is 443 g/mol. The molecule has 166 valence electrons. The van der Waals surface area contributed by atoms with Gasteiger partial charge < -0.3 is 19.0 Å². The third-order valence-corrected chi connectivity index (χ3v) is 5.99. The van der Waals surface area contributed by atoms with Gasteiger partial charge in [0.25, 0.3) is 0 Å². The lowest BCUT2D eigenvalue weighted by atomic mass is 9.79. The minimum atomic E-state index is -0.244. The molecule has 0 saturated heterocycles. The van der Waals surface area contributed by atoms with E-state index in [4.69, 9.17) is 13.9 Å². The molecule has 0 radical (unpaired) electrons. The van der Waals surface area contributed by atoms with Crippen molar-refractivity contribution in [3.8, 4) is 17.2 Å². The van der Waals surface area contributed by atoms with Gasteiger partial charge in [0.15, 0.2) is 10.5 Å². The quantitative estimate of drug-likeness (QED) is 0.514. The number of hydrogen-bond donors (Lipinski definition) is 1. The maximum absolute atomic E-state index is 12.8. The number of hydrogen-bond acceptors (Lipinski definition) is 6. The normalized spacial score (nSPS) is 12.3. The van der Waals surface area contributed by atoms with E-state index in [2.05, 4.69) is 41.5 Å². The van der Waals surface area contributed by atoms with E-state index in [1.165, 1.54) is 24.9 Å². The van der Waals surface area contributed by atoms with Crippen LogP contribution in [0.2, 0.25) is 0 Å². The summed E-state index contributed by atoms with van der Waals surface area (Å²) < 4.78 is 16.7. The number of phenolic OH excluding ortho intramolecular Hbond substituents is 1. The molecule has 2 aromatic carbocycles. The molecule has 6 heteroatoms. The number of rotatable bonds is 4. The summed E-state index contributed by atoms with van der Waals surface area (Å²) in [6.45, 7) is 12.4. The summed E-state index contributed by atoms with van der Waals surface area (Å²) in [6.07, 6.45) is 0. The Morgan fingerprint density at radius 3 is 1.94 bits per heavy atom. The van der Waals surface area contributed by atoms with Gasteiger partial charge in [-0.25, -0.2) is 0 Å². The molecule has 0 aliphatic rings. The Kier molecular flexibility index (Phi) is 6.07. The van der Waals surface area contributed by atoms with Crippen LogP contribution >= 0.6 is 11.8 Å². The lowest BCUT2D eigenvalue weighted by Gasteiger charge is -2.28. The number of fused-ring (bicyclic) bond motifs is 1. The molecule has 1 heterocycles. The molecule has 0 spiro atoms. The minimum absolute atomic E-state index is 0.186. The highest BCUT2D eigenvalue weighted by atomic mass is 32.2. The molecule has 0 aliphatic heterocycles. The number of ether oxygens (including phenoxy) is 2. The minimum Gasteiger partial charge on any atom is -0.507 e. The van der Waals surface area contributed by atoms with Crippen LogP contribution in [0.5, 0.6) is 17.2 Å². The molecule has 3 aromatic rings. The fraction of sp³-hybridized carbons (Fsp3) is 0.400. The summed E-state index contributed by atoms with van der Waals surface area (Å²) in [4.78, 5) is 13.7. The lowest BCUT2D eigenvalue weighted by molar-refractivity contribution is 0.394. The van der Waals surface area contributed by atoms with Gasteiger partial charge in [-0.05, 0) is 23.0 Å². The Bertz CT molecular complexity index is 1140. The fourth-order valence-corrected chi connectivity index (χ4v) is 4.35. The van der Waals surface area contributed by atoms with E-state index in [-0.39, 0.29) is 16.3 Å². The first-order valence-corrected chi connectivity index (χ1v) is 10.9. The van der Waals surface area contributed by atoms with Crippen LogP contribution in [0.1, 0.15) is 52.7 Å². The predicted octanol–water partition coefficient (Wildman–Crippen LogP) is 6.26. The summed E-state index contributed by atoms with van der Waals surface area (Å²) in [6, 6.07) is 8.75. The number of methoxy groups -OCH3 is 2. The van der Waals surface area contributed by atoms with Gasteiger partial charge in [0, 0.05) is 34.2 Å². The molecule has 0 aliphatic carbocycles. The van der Waals surface area contributed by atoms with Crippen molar-refractivity contribution in [3.63, 3.8) is 0 Å². The number of phenols is 1. The van der Waals surface area contributed by atoms with Gasteiger partial charge in [-0.3, -0.25) is 4.79 Å². The third-order valence-electron chi connectivity index (χ3n) is 5.12. The van der Waals surface area contributed by atoms with Gasteiger partial charge >= 0.3 is 0 Å². The van der Waals surface area contributed by atoms with E-state index in [1.54, 1.807) is 19.2 Å². The summed E-state index contributed by atoms with van der Waals surface area (Å²) in [5.74, 6) is 1.28. The summed E-state index contributed by atoms with van der Waals surface area (Å²) in [7, 11) is 3.06. The van der Waals surface area contributed by atoms with Crippen LogP contribution in [0.4, 0.5) is 0 Å². The zero-order chi connectivity index (χ0) is 23.1. The smallest absolute Gasteiger partial charge is 0.197 e. The molecule has 1 N–H and O–H groups in total. The monoisotopic (exact) mass is 442 g/mol. The highest BCUT2D eigenvalue weighted by Gasteiger charge is 2.27. The maximum atomic E-state index is 12.8. The maximum Gasteiger partial charge on any atom is 0.197 e. The summed E-state index contributed by atoms with van der Waals surface area (Å²) in [5.41, 5.74) is 1.44. The van der Waals surface area contributed by atoms with Crippen LogP contribution in [-0.2, 0) is 10.8 Å². The second-order valence-electron chi connectivity index (χ2n) is 9.60. The molecule has 3 rings (SSSR count). The van der Waals surface area contributed by atoms with Crippen LogP contribution in [0, 0.1) is 0 Å². The highest BCUT2D eigenvalue weighted by Crippen LogP contribution is 2.43. The molecular formula is C25H30O5S. The summed E-state index contributed by atoms with van der Waals surface area (Å²) in [5, 5.41) is 11.8. The van der Waals surface area contributed by atoms with Crippen LogP contribution < -0.4 is 14.9 Å². The number of aromatic hydroxyl groups is 1. The Hall–Kier alpha value is -2.60. The molecule has 0 amide bonds. The predicted molar refractivity (Wildman–Crippen MR) is 125 cm³/mol. The van der Waals surface area contributed by atoms with E-state index >= 15 is 0 Å². The summed E-state index contributed by atoms with van der Waals surface area (Å²) >= 11 is 1.35. The van der Waals surface area contributed by atoms with Gasteiger partial charge in [0.05, 0.1) is 14.2 Å². The molecular weight excluding hydrogens is 412 g/mol. The van der Waals surface area contributed by atoms with Crippen LogP contribution in [0.15, 0.2) is 49.5 Å².